The topological polar surface area (TPSA) is 47.9 Å². The number of nitrogens with zero attached hydrogens (tertiary/aromatic N) is 1. The minimum Gasteiger partial charge on any atom is -0.383 e. The van der Waals surface area contributed by atoms with E-state index in [4.69, 9.17) is 5.26 Å². The zero-order valence-corrected chi connectivity index (χ0v) is 11.3. The van der Waals surface area contributed by atoms with Crippen molar-refractivity contribution in [2.75, 3.05) is 11.9 Å². The van der Waals surface area contributed by atoms with Crippen LogP contribution in [0.5, 0.6) is 0 Å². The molecule has 1 heterocycles. The van der Waals surface area contributed by atoms with Crippen molar-refractivity contribution in [1.82, 2.24) is 5.32 Å². The standard InChI is InChI=1S/C17H17N3/c18-10-14-6-7-17-15(8-14)9-16(12-20-17)19-11-13-4-2-1-3-5-13/h1-8,16,19-20H,9,11-12H2. The summed E-state index contributed by atoms with van der Waals surface area (Å²) in [5, 5.41) is 16.0. The predicted molar refractivity (Wildman–Crippen MR) is 80.4 cm³/mol. The van der Waals surface area contributed by atoms with Gasteiger partial charge in [0.1, 0.15) is 0 Å². The van der Waals surface area contributed by atoms with Crippen LogP contribution in [-0.2, 0) is 13.0 Å². The quantitative estimate of drug-likeness (QED) is 0.895. The highest BCUT2D eigenvalue weighted by Gasteiger charge is 2.17. The molecular weight excluding hydrogens is 246 g/mol. The molecule has 3 heteroatoms. The maximum Gasteiger partial charge on any atom is 0.0991 e. The van der Waals surface area contributed by atoms with Gasteiger partial charge in [-0.25, -0.2) is 0 Å². The second kappa shape index (κ2) is 5.77. The maximum absolute atomic E-state index is 8.97. The highest BCUT2D eigenvalue weighted by Crippen LogP contribution is 2.23. The van der Waals surface area contributed by atoms with Gasteiger partial charge in [-0.2, -0.15) is 5.26 Å². The van der Waals surface area contributed by atoms with Gasteiger partial charge in [0.15, 0.2) is 0 Å². The van der Waals surface area contributed by atoms with Crippen LogP contribution in [0, 0.1) is 11.3 Å². The fourth-order valence-electron chi connectivity index (χ4n) is 2.58. The van der Waals surface area contributed by atoms with Gasteiger partial charge in [0.25, 0.3) is 0 Å². The summed E-state index contributed by atoms with van der Waals surface area (Å²) in [5.74, 6) is 0. The van der Waals surface area contributed by atoms with Gasteiger partial charge in [-0.15, -0.1) is 0 Å². The first-order valence-electron chi connectivity index (χ1n) is 6.89. The summed E-state index contributed by atoms with van der Waals surface area (Å²) >= 11 is 0. The Morgan fingerprint density at radius 2 is 2.05 bits per heavy atom. The van der Waals surface area contributed by atoms with E-state index in [1.807, 2.05) is 24.3 Å². The molecule has 0 spiro atoms. The molecule has 0 aliphatic carbocycles. The highest BCUT2D eigenvalue weighted by atomic mass is 15.0. The third-order valence-electron chi connectivity index (χ3n) is 3.68. The smallest absolute Gasteiger partial charge is 0.0991 e. The molecule has 1 aliphatic heterocycles. The molecule has 0 saturated carbocycles. The SMILES string of the molecule is N#Cc1ccc2c(c1)CC(NCc1ccccc1)CN2. The van der Waals surface area contributed by atoms with Gasteiger partial charge in [-0.05, 0) is 35.7 Å². The number of nitrogens with one attached hydrogen (secondary N) is 2. The second-order valence-corrected chi connectivity index (χ2v) is 5.13. The van der Waals surface area contributed by atoms with Crippen LogP contribution in [0.15, 0.2) is 48.5 Å². The van der Waals surface area contributed by atoms with Gasteiger partial charge in [-0.3, -0.25) is 0 Å². The molecule has 0 bridgehead atoms. The molecule has 3 nitrogen and oxygen atoms in total. The van der Waals surface area contributed by atoms with Crippen molar-refractivity contribution in [3.63, 3.8) is 0 Å². The summed E-state index contributed by atoms with van der Waals surface area (Å²) < 4.78 is 0. The summed E-state index contributed by atoms with van der Waals surface area (Å²) in [7, 11) is 0. The lowest BCUT2D eigenvalue weighted by Gasteiger charge is -2.27. The molecule has 1 atom stereocenters. The zero-order chi connectivity index (χ0) is 13.8. The van der Waals surface area contributed by atoms with Crippen molar-refractivity contribution >= 4 is 5.69 Å². The summed E-state index contributed by atoms with van der Waals surface area (Å²) in [6, 6.07) is 18.9. The third-order valence-corrected chi connectivity index (χ3v) is 3.68. The number of benzene rings is 2. The Balaban J connectivity index is 1.65. The van der Waals surface area contributed by atoms with E-state index in [1.54, 1.807) is 0 Å². The summed E-state index contributed by atoms with van der Waals surface area (Å²) in [4.78, 5) is 0. The summed E-state index contributed by atoms with van der Waals surface area (Å²) in [6.45, 7) is 1.80. The fraction of sp³-hybridized carbons (Fsp3) is 0.235. The Labute approximate surface area is 119 Å². The molecule has 0 radical (unpaired) electrons. The molecule has 2 aromatic carbocycles. The second-order valence-electron chi connectivity index (χ2n) is 5.13. The average molecular weight is 263 g/mol. The van der Waals surface area contributed by atoms with Crippen molar-refractivity contribution in [1.29, 1.82) is 5.26 Å². The first-order chi connectivity index (χ1) is 9.85. The molecule has 20 heavy (non-hydrogen) atoms. The molecule has 0 saturated heterocycles. The van der Waals surface area contributed by atoms with Crippen LogP contribution in [0.4, 0.5) is 5.69 Å². The van der Waals surface area contributed by atoms with Crippen LogP contribution in [0.25, 0.3) is 0 Å². The van der Waals surface area contributed by atoms with E-state index in [9.17, 15) is 0 Å². The molecule has 0 amide bonds. The Morgan fingerprint density at radius 3 is 2.85 bits per heavy atom. The molecule has 2 N–H and O–H groups in total. The van der Waals surface area contributed by atoms with Crippen LogP contribution >= 0.6 is 0 Å². The van der Waals surface area contributed by atoms with Crippen LogP contribution in [-0.4, -0.2) is 12.6 Å². The number of nitriles is 1. The molecule has 1 unspecified atom stereocenters. The highest BCUT2D eigenvalue weighted by molar-refractivity contribution is 5.56. The Kier molecular flexibility index (Phi) is 3.67. The number of hydrogen-bond acceptors (Lipinski definition) is 3. The van der Waals surface area contributed by atoms with Gasteiger partial charge in [0, 0.05) is 24.8 Å². The van der Waals surface area contributed by atoms with Crippen LogP contribution in [0.3, 0.4) is 0 Å². The zero-order valence-electron chi connectivity index (χ0n) is 11.3. The summed E-state index contributed by atoms with van der Waals surface area (Å²) in [6.07, 6.45) is 0.963. The van der Waals surface area contributed by atoms with E-state index in [2.05, 4.69) is 41.0 Å². The number of fused-ring (bicyclic) bond motifs is 1. The normalized spacial score (nSPS) is 16.9. The van der Waals surface area contributed by atoms with E-state index in [1.165, 1.54) is 11.1 Å². The predicted octanol–water partition coefficient (Wildman–Crippen LogP) is 2.68. The van der Waals surface area contributed by atoms with E-state index in [-0.39, 0.29) is 0 Å². The van der Waals surface area contributed by atoms with Crippen LogP contribution in [0.2, 0.25) is 0 Å². The van der Waals surface area contributed by atoms with E-state index in [0.717, 1.165) is 30.8 Å². The molecule has 3 rings (SSSR count). The van der Waals surface area contributed by atoms with Crippen molar-refractivity contribution in [2.24, 2.45) is 0 Å². The molecular formula is C17H17N3. The van der Waals surface area contributed by atoms with Crippen molar-refractivity contribution < 1.29 is 0 Å². The van der Waals surface area contributed by atoms with Gasteiger partial charge in [-0.1, -0.05) is 30.3 Å². The van der Waals surface area contributed by atoms with Crippen molar-refractivity contribution in [2.45, 2.75) is 19.0 Å². The van der Waals surface area contributed by atoms with E-state index < -0.39 is 0 Å². The van der Waals surface area contributed by atoms with Crippen molar-refractivity contribution in [3.8, 4) is 6.07 Å². The molecule has 0 aromatic heterocycles. The minimum absolute atomic E-state index is 0.400. The Morgan fingerprint density at radius 1 is 1.20 bits per heavy atom. The first-order valence-corrected chi connectivity index (χ1v) is 6.89. The minimum atomic E-state index is 0.400. The van der Waals surface area contributed by atoms with E-state index in [0.29, 0.717) is 6.04 Å². The number of anilines is 1. The lowest BCUT2D eigenvalue weighted by Crippen LogP contribution is -2.39. The van der Waals surface area contributed by atoms with Gasteiger partial charge in [0.2, 0.25) is 0 Å². The third kappa shape index (κ3) is 2.81. The Hall–Kier alpha value is -2.31. The Bertz CT molecular complexity index is 628. The van der Waals surface area contributed by atoms with Gasteiger partial charge in [0.05, 0.1) is 11.6 Å². The fourth-order valence-corrected chi connectivity index (χ4v) is 2.58. The van der Waals surface area contributed by atoms with Gasteiger partial charge >= 0.3 is 0 Å². The van der Waals surface area contributed by atoms with Gasteiger partial charge < -0.3 is 10.6 Å². The number of rotatable bonds is 3. The maximum atomic E-state index is 8.97. The average Bonchev–Trinajstić information content (AvgIpc) is 2.53. The number of hydrogen-bond donors (Lipinski definition) is 2. The first kappa shape index (κ1) is 12.7. The summed E-state index contributed by atoms with van der Waals surface area (Å²) in [5.41, 5.74) is 4.40. The van der Waals surface area contributed by atoms with Crippen LogP contribution in [0.1, 0.15) is 16.7 Å². The van der Waals surface area contributed by atoms with Crippen LogP contribution < -0.4 is 10.6 Å². The lowest BCUT2D eigenvalue weighted by atomic mass is 9.97. The monoisotopic (exact) mass is 263 g/mol. The largest absolute Gasteiger partial charge is 0.383 e. The van der Waals surface area contributed by atoms with Crippen molar-refractivity contribution in [3.05, 3.63) is 65.2 Å². The molecule has 100 valence electrons. The molecule has 1 aliphatic rings. The lowest BCUT2D eigenvalue weighted by molar-refractivity contribution is 0.517. The molecule has 2 aromatic rings. The van der Waals surface area contributed by atoms with E-state index >= 15 is 0 Å². The molecule has 0 fully saturated rings.